The Morgan fingerprint density at radius 2 is 1.11 bits per heavy atom. The Bertz CT molecular complexity index is 1390. The standard InChI is InChI=1S/C41H74N2O22/c1-7-9-55-12-13-56-10-8-11-57-14-15-58-38-29(49)23(16-44)62-41(34(38)54)65-36-24(17-45)63-39(27(31(36)51)43-22(6)47)64-37-25(18-59-40-33(53)32(52)28(48)20(4)60-40)61-35(19(2)3)26(30(37)50)42-21(5)46/h19-20,23-41,44-45,48-54H,7-18H2,1-6H3,(H,42,46)(H,43,47)/t20?,23?,24?,25?,26-,27-,28+,29+,30?,31?,32?,33?,34+,35-,36+,37+,38?,39-,40+,41-/m0/s1. The number of aliphatic hydroxyl groups is 9. The highest BCUT2D eigenvalue weighted by Crippen LogP contribution is 2.35. The number of rotatable bonds is 25. The first-order valence-electron chi connectivity index (χ1n) is 22.4. The molecule has 24 heteroatoms. The molecule has 11 N–H and O–H groups in total. The average Bonchev–Trinajstić information content (AvgIpc) is 3.26. The van der Waals surface area contributed by atoms with Gasteiger partial charge < -0.3 is 109 Å². The van der Waals surface area contributed by atoms with Gasteiger partial charge in [-0.25, -0.2) is 0 Å². The summed E-state index contributed by atoms with van der Waals surface area (Å²) in [4.78, 5) is 25.0. The van der Waals surface area contributed by atoms with Crippen molar-refractivity contribution in [3.63, 3.8) is 0 Å². The van der Waals surface area contributed by atoms with Crippen molar-refractivity contribution in [1.82, 2.24) is 10.6 Å². The van der Waals surface area contributed by atoms with E-state index in [-0.39, 0.29) is 19.1 Å². The summed E-state index contributed by atoms with van der Waals surface area (Å²) < 4.78 is 64.1. The van der Waals surface area contributed by atoms with Crippen molar-refractivity contribution in [2.45, 2.75) is 177 Å². The molecule has 0 bridgehead atoms. The second-order valence-electron chi connectivity index (χ2n) is 17.0. The van der Waals surface area contributed by atoms with E-state index < -0.39 is 154 Å². The summed E-state index contributed by atoms with van der Waals surface area (Å²) in [7, 11) is 0. The highest BCUT2D eigenvalue weighted by atomic mass is 16.8. The van der Waals surface area contributed by atoms with Crippen LogP contribution >= 0.6 is 0 Å². The fourth-order valence-electron chi connectivity index (χ4n) is 8.09. The molecule has 24 nitrogen and oxygen atoms in total. The third-order valence-electron chi connectivity index (χ3n) is 11.5. The third kappa shape index (κ3) is 15.3. The van der Waals surface area contributed by atoms with E-state index in [1.807, 2.05) is 6.92 Å². The number of hydrogen-bond acceptors (Lipinski definition) is 22. The summed E-state index contributed by atoms with van der Waals surface area (Å²) >= 11 is 0. The van der Waals surface area contributed by atoms with Gasteiger partial charge in [-0.3, -0.25) is 9.59 Å². The number of amides is 2. The van der Waals surface area contributed by atoms with E-state index in [1.165, 1.54) is 13.8 Å². The zero-order valence-electron chi connectivity index (χ0n) is 37.9. The maximum atomic E-state index is 12.6. The van der Waals surface area contributed by atoms with Gasteiger partial charge in [-0.2, -0.15) is 0 Å². The monoisotopic (exact) mass is 946 g/mol. The molecule has 4 aliphatic rings. The second kappa shape index (κ2) is 27.4. The molecule has 65 heavy (non-hydrogen) atoms. The topological polar surface area (TPSA) is 342 Å². The van der Waals surface area contributed by atoms with E-state index in [0.717, 1.165) is 13.3 Å². The first-order chi connectivity index (χ1) is 30.9. The predicted molar refractivity (Wildman–Crippen MR) is 219 cm³/mol. The number of nitrogens with one attached hydrogen (secondary N) is 2. The maximum absolute atomic E-state index is 12.6. The minimum absolute atomic E-state index is 0.0768. The van der Waals surface area contributed by atoms with Gasteiger partial charge >= 0.3 is 0 Å². The van der Waals surface area contributed by atoms with Gasteiger partial charge in [0, 0.05) is 33.7 Å². The van der Waals surface area contributed by atoms with Gasteiger partial charge in [0.25, 0.3) is 0 Å². The molecule has 20 atom stereocenters. The van der Waals surface area contributed by atoms with E-state index in [4.69, 9.17) is 52.1 Å². The zero-order valence-corrected chi connectivity index (χ0v) is 37.9. The van der Waals surface area contributed by atoms with Crippen LogP contribution in [-0.4, -0.2) is 246 Å². The quantitative estimate of drug-likeness (QED) is 0.0382. The number of ether oxygens (including phenoxy) is 11. The van der Waals surface area contributed by atoms with Crippen LogP contribution in [0.15, 0.2) is 0 Å². The summed E-state index contributed by atoms with van der Waals surface area (Å²) in [5.41, 5.74) is 0. The summed E-state index contributed by atoms with van der Waals surface area (Å²) in [5, 5.41) is 103. The first-order valence-corrected chi connectivity index (χ1v) is 22.4. The van der Waals surface area contributed by atoms with E-state index in [1.54, 1.807) is 13.8 Å². The molecule has 380 valence electrons. The van der Waals surface area contributed by atoms with Crippen molar-refractivity contribution in [1.29, 1.82) is 0 Å². The average molecular weight is 947 g/mol. The van der Waals surface area contributed by atoms with Crippen molar-refractivity contribution in [3.8, 4) is 0 Å². The highest BCUT2D eigenvalue weighted by molar-refractivity contribution is 5.73. The van der Waals surface area contributed by atoms with Crippen LogP contribution in [0, 0.1) is 5.92 Å². The van der Waals surface area contributed by atoms with E-state index in [9.17, 15) is 55.5 Å². The molecule has 9 unspecified atom stereocenters. The Kier molecular flexibility index (Phi) is 23.5. The molecule has 4 fully saturated rings. The van der Waals surface area contributed by atoms with Crippen LogP contribution in [0.3, 0.4) is 0 Å². The molecule has 0 aliphatic carbocycles. The van der Waals surface area contributed by atoms with Gasteiger partial charge in [-0.05, 0) is 25.7 Å². The lowest BCUT2D eigenvalue weighted by Crippen LogP contribution is -2.70. The third-order valence-corrected chi connectivity index (χ3v) is 11.5. The zero-order chi connectivity index (χ0) is 48.0. The van der Waals surface area contributed by atoms with Gasteiger partial charge in [-0.15, -0.1) is 0 Å². The van der Waals surface area contributed by atoms with Crippen LogP contribution in [0.5, 0.6) is 0 Å². The Balaban J connectivity index is 1.48. The van der Waals surface area contributed by atoms with E-state index >= 15 is 0 Å². The summed E-state index contributed by atoms with van der Waals surface area (Å²) in [6, 6.07) is -2.61. The van der Waals surface area contributed by atoms with Crippen molar-refractivity contribution < 1.29 is 108 Å². The second-order valence-corrected chi connectivity index (χ2v) is 17.0. The lowest BCUT2D eigenvalue weighted by Gasteiger charge is -2.50. The lowest BCUT2D eigenvalue weighted by atomic mass is 9.87. The van der Waals surface area contributed by atoms with Crippen LogP contribution in [0.1, 0.15) is 54.4 Å². The Morgan fingerprint density at radius 3 is 1.71 bits per heavy atom. The molecule has 4 rings (SSSR count). The lowest BCUT2D eigenvalue weighted by molar-refractivity contribution is -0.362. The van der Waals surface area contributed by atoms with Crippen molar-refractivity contribution in [2.24, 2.45) is 5.92 Å². The minimum atomic E-state index is -1.81. The molecule has 0 aromatic heterocycles. The highest BCUT2D eigenvalue weighted by Gasteiger charge is 2.55. The van der Waals surface area contributed by atoms with Crippen LogP contribution < -0.4 is 10.6 Å². The van der Waals surface area contributed by atoms with Gasteiger partial charge in [0.2, 0.25) is 11.8 Å². The number of carbonyl (C=O) groups excluding carboxylic acids is 2. The Hall–Kier alpha value is -1.86. The number of aliphatic hydroxyl groups excluding tert-OH is 9. The summed E-state index contributed by atoms with van der Waals surface area (Å²) in [5.74, 6) is -1.50. The van der Waals surface area contributed by atoms with Gasteiger partial charge in [0.15, 0.2) is 18.9 Å². The SMILES string of the molecule is CCCOCCOCCCOCCOC1[C@H](O)C(CO)O[C@@H](O[C@@H]2C(CO)O[C@@H](O[C@@H]3C(CO[C@@H]4OC(C)[C@@H](O)C(O)C4O)O[C@@H](C(C)C)[C@@H](NC(C)=O)C3O)[C@@H](NC(C)=O)C2O)[C@@H]1O. The molecule has 4 saturated heterocycles. The number of hydrogen-bond donors (Lipinski definition) is 11. The Morgan fingerprint density at radius 1 is 0.554 bits per heavy atom. The minimum Gasteiger partial charge on any atom is -0.394 e. The van der Waals surface area contributed by atoms with Gasteiger partial charge in [0.05, 0.1) is 64.5 Å². The summed E-state index contributed by atoms with van der Waals surface area (Å²) in [6.07, 6.45) is -25.0. The van der Waals surface area contributed by atoms with Crippen LogP contribution in [0.2, 0.25) is 0 Å². The van der Waals surface area contributed by atoms with E-state index in [2.05, 4.69) is 10.6 Å². The fourth-order valence-corrected chi connectivity index (χ4v) is 8.09. The van der Waals surface area contributed by atoms with Crippen molar-refractivity contribution in [2.75, 3.05) is 66.1 Å². The van der Waals surface area contributed by atoms with E-state index in [0.29, 0.717) is 39.5 Å². The molecule has 2 amide bonds. The molecular formula is C41H74N2O22. The molecule has 0 saturated carbocycles. The normalized spacial score (nSPS) is 40.2. The van der Waals surface area contributed by atoms with Crippen LogP contribution in [0.25, 0.3) is 0 Å². The maximum Gasteiger partial charge on any atom is 0.217 e. The smallest absolute Gasteiger partial charge is 0.217 e. The fraction of sp³-hybridized carbons (Fsp3) is 0.951. The summed E-state index contributed by atoms with van der Waals surface area (Å²) in [6.45, 7) is 9.80. The molecule has 0 aromatic rings. The van der Waals surface area contributed by atoms with Crippen LogP contribution in [0.4, 0.5) is 0 Å². The van der Waals surface area contributed by atoms with Crippen LogP contribution in [-0.2, 0) is 61.7 Å². The first kappa shape index (κ1) is 55.7. The molecule has 0 radical (unpaired) electrons. The van der Waals surface area contributed by atoms with Gasteiger partial charge in [-0.1, -0.05) is 20.8 Å². The molecule has 4 heterocycles. The molecule has 0 aromatic carbocycles. The Labute approximate surface area is 378 Å². The number of carbonyl (C=O) groups is 2. The molecular weight excluding hydrogens is 872 g/mol. The van der Waals surface area contributed by atoms with Gasteiger partial charge in [0.1, 0.15) is 85.4 Å². The van der Waals surface area contributed by atoms with Crippen molar-refractivity contribution >= 4 is 11.8 Å². The predicted octanol–water partition coefficient (Wildman–Crippen LogP) is -4.85. The largest absolute Gasteiger partial charge is 0.394 e. The molecule has 0 spiro atoms. The molecule has 4 aliphatic heterocycles. The van der Waals surface area contributed by atoms with Crippen molar-refractivity contribution in [3.05, 3.63) is 0 Å².